The Balaban J connectivity index is 2.18. The zero-order chi connectivity index (χ0) is 13.0. The van der Waals surface area contributed by atoms with Crippen LogP contribution in [0.5, 0.6) is 5.75 Å². The molecule has 4 nitrogen and oxygen atoms in total. The van der Waals surface area contributed by atoms with Crippen molar-refractivity contribution in [3.05, 3.63) is 52.7 Å². The summed E-state index contributed by atoms with van der Waals surface area (Å²) in [6.07, 6.45) is 0. The highest BCUT2D eigenvalue weighted by atomic mass is 32.1. The van der Waals surface area contributed by atoms with Gasteiger partial charge >= 0.3 is 5.97 Å². The van der Waals surface area contributed by atoms with Gasteiger partial charge in [0.1, 0.15) is 5.75 Å². The molecule has 1 unspecified atom stereocenters. The Morgan fingerprint density at radius 3 is 2.44 bits per heavy atom. The number of esters is 1. The molecule has 2 rings (SSSR count). The SMILES string of the molecule is NC(=O)C(C(=O)Oc1ccccc1)c1ccsc1. The van der Waals surface area contributed by atoms with Crippen molar-refractivity contribution < 1.29 is 14.3 Å². The lowest BCUT2D eigenvalue weighted by Gasteiger charge is -2.11. The minimum absolute atomic E-state index is 0.393. The normalized spacial score (nSPS) is 11.8. The first-order valence-electron chi connectivity index (χ1n) is 5.26. The molecule has 0 saturated heterocycles. The minimum atomic E-state index is -1.06. The van der Waals surface area contributed by atoms with Gasteiger partial charge in [0, 0.05) is 0 Å². The molecule has 1 aromatic carbocycles. The van der Waals surface area contributed by atoms with Gasteiger partial charge in [0.25, 0.3) is 0 Å². The van der Waals surface area contributed by atoms with E-state index in [2.05, 4.69) is 0 Å². The number of hydrogen-bond acceptors (Lipinski definition) is 4. The maximum Gasteiger partial charge on any atom is 0.328 e. The number of nitrogens with two attached hydrogens (primary N) is 1. The van der Waals surface area contributed by atoms with Crippen molar-refractivity contribution in [2.45, 2.75) is 5.92 Å². The van der Waals surface area contributed by atoms with E-state index in [1.807, 2.05) is 6.07 Å². The summed E-state index contributed by atoms with van der Waals surface area (Å²) in [7, 11) is 0. The molecule has 2 aromatic rings. The molecule has 0 radical (unpaired) electrons. The fourth-order valence-electron chi connectivity index (χ4n) is 1.52. The van der Waals surface area contributed by atoms with E-state index < -0.39 is 17.8 Å². The Morgan fingerprint density at radius 2 is 1.89 bits per heavy atom. The standard InChI is InChI=1S/C13H11NO3S/c14-12(15)11(9-6-7-18-8-9)13(16)17-10-4-2-1-3-5-10/h1-8,11H,(H2,14,15). The van der Waals surface area contributed by atoms with Crippen molar-refractivity contribution in [3.8, 4) is 5.75 Å². The molecule has 0 fully saturated rings. The number of para-hydroxylation sites is 1. The van der Waals surface area contributed by atoms with E-state index in [9.17, 15) is 9.59 Å². The number of thiophene rings is 1. The molecule has 1 aromatic heterocycles. The Morgan fingerprint density at radius 1 is 1.17 bits per heavy atom. The molecule has 1 amide bonds. The summed E-state index contributed by atoms with van der Waals surface area (Å²) in [4.78, 5) is 23.3. The smallest absolute Gasteiger partial charge is 0.328 e. The largest absolute Gasteiger partial charge is 0.426 e. The molecule has 0 spiro atoms. The van der Waals surface area contributed by atoms with Crippen LogP contribution in [0.1, 0.15) is 11.5 Å². The van der Waals surface area contributed by atoms with Gasteiger partial charge < -0.3 is 10.5 Å². The fraction of sp³-hybridized carbons (Fsp3) is 0.0769. The molecule has 1 atom stereocenters. The van der Waals surface area contributed by atoms with Crippen molar-refractivity contribution in [3.63, 3.8) is 0 Å². The molecule has 0 aliphatic heterocycles. The average Bonchev–Trinajstić information content (AvgIpc) is 2.83. The molecule has 0 saturated carbocycles. The van der Waals surface area contributed by atoms with Gasteiger partial charge in [-0.25, -0.2) is 0 Å². The number of amides is 1. The second-order valence-corrected chi connectivity index (χ2v) is 4.41. The van der Waals surface area contributed by atoms with Crippen LogP contribution < -0.4 is 10.5 Å². The van der Waals surface area contributed by atoms with Crippen molar-refractivity contribution in [2.24, 2.45) is 5.73 Å². The number of benzene rings is 1. The zero-order valence-corrected chi connectivity index (χ0v) is 10.2. The summed E-state index contributed by atoms with van der Waals surface area (Å²) in [6.45, 7) is 0. The third-order valence-electron chi connectivity index (χ3n) is 2.36. The third-order valence-corrected chi connectivity index (χ3v) is 3.06. The summed E-state index contributed by atoms with van der Waals surface area (Å²) < 4.78 is 5.13. The quantitative estimate of drug-likeness (QED) is 0.519. The van der Waals surface area contributed by atoms with Crippen molar-refractivity contribution in [1.82, 2.24) is 0 Å². The average molecular weight is 261 g/mol. The summed E-state index contributed by atoms with van der Waals surface area (Å²) in [5.74, 6) is -2.04. The van der Waals surface area contributed by atoms with Gasteiger partial charge in [0.15, 0.2) is 5.92 Å². The Bertz CT molecular complexity index is 537. The summed E-state index contributed by atoms with van der Waals surface area (Å²) in [5.41, 5.74) is 5.81. The fourth-order valence-corrected chi connectivity index (χ4v) is 2.21. The predicted molar refractivity (Wildman–Crippen MR) is 68.3 cm³/mol. The second-order valence-electron chi connectivity index (χ2n) is 3.63. The third kappa shape index (κ3) is 2.75. The van der Waals surface area contributed by atoms with Crippen LogP contribution in [0.15, 0.2) is 47.2 Å². The van der Waals surface area contributed by atoms with E-state index >= 15 is 0 Å². The minimum Gasteiger partial charge on any atom is -0.426 e. The maximum atomic E-state index is 11.9. The number of rotatable bonds is 4. The molecule has 18 heavy (non-hydrogen) atoms. The highest BCUT2D eigenvalue weighted by Gasteiger charge is 2.28. The van der Waals surface area contributed by atoms with E-state index in [1.54, 1.807) is 41.1 Å². The molecule has 0 aliphatic carbocycles. The Hall–Kier alpha value is -2.14. The molecule has 5 heteroatoms. The number of ether oxygens (including phenoxy) is 1. The highest BCUT2D eigenvalue weighted by Crippen LogP contribution is 2.21. The molecule has 1 heterocycles. The van der Waals surface area contributed by atoms with Crippen LogP contribution in [0.4, 0.5) is 0 Å². The lowest BCUT2D eigenvalue weighted by atomic mass is 10.0. The molecule has 0 bridgehead atoms. The number of primary amides is 1. The van der Waals surface area contributed by atoms with E-state index in [0.29, 0.717) is 11.3 Å². The molecular formula is C13H11NO3S. The second kappa shape index (κ2) is 5.46. The first kappa shape index (κ1) is 12.3. The highest BCUT2D eigenvalue weighted by molar-refractivity contribution is 7.08. The van der Waals surface area contributed by atoms with E-state index in [-0.39, 0.29) is 0 Å². The topological polar surface area (TPSA) is 69.4 Å². The number of carbonyl (C=O) groups excluding carboxylic acids is 2. The summed E-state index contributed by atoms with van der Waals surface area (Å²) >= 11 is 1.39. The first-order valence-corrected chi connectivity index (χ1v) is 6.21. The van der Waals surface area contributed by atoms with Crippen LogP contribution in [-0.2, 0) is 9.59 Å². The van der Waals surface area contributed by atoms with Crippen molar-refractivity contribution in [2.75, 3.05) is 0 Å². The van der Waals surface area contributed by atoms with Crippen LogP contribution in [0, 0.1) is 0 Å². The van der Waals surface area contributed by atoms with Crippen LogP contribution in [-0.4, -0.2) is 11.9 Å². The van der Waals surface area contributed by atoms with Gasteiger partial charge in [0.2, 0.25) is 5.91 Å². The van der Waals surface area contributed by atoms with Gasteiger partial charge in [-0.3, -0.25) is 9.59 Å². The van der Waals surface area contributed by atoms with Crippen molar-refractivity contribution >= 4 is 23.2 Å². The van der Waals surface area contributed by atoms with Crippen LogP contribution in [0.25, 0.3) is 0 Å². The lowest BCUT2D eigenvalue weighted by molar-refractivity contribution is -0.140. The molecular weight excluding hydrogens is 250 g/mol. The van der Waals surface area contributed by atoms with Crippen LogP contribution >= 0.6 is 11.3 Å². The molecule has 92 valence electrons. The zero-order valence-electron chi connectivity index (χ0n) is 9.41. The molecule has 2 N–H and O–H groups in total. The van der Waals surface area contributed by atoms with E-state index in [4.69, 9.17) is 10.5 Å². The van der Waals surface area contributed by atoms with Crippen LogP contribution in [0.2, 0.25) is 0 Å². The summed E-state index contributed by atoms with van der Waals surface area (Å²) in [5, 5.41) is 3.49. The van der Waals surface area contributed by atoms with Gasteiger partial charge in [0.05, 0.1) is 0 Å². The molecule has 0 aliphatic rings. The summed E-state index contributed by atoms with van der Waals surface area (Å²) in [6, 6.07) is 10.3. The number of carbonyl (C=O) groups is 2. The lowest BCUT2D eigenvalue weighted by Crippen LogP contribution is -2.31. The van der Waals surface area contributed by atoms with Gasteiger partial charge in [-0.15, -0.1) is 0 Å². The van der Waals surface area contributed by atoms with Crippen LogP contribution in [0.3, 0.4) is 0 Å². The van der Waals surface area contributed by atoms with E-state index in [0.717, 1.165) is 0 Å². The van der Waals surface area contributed by atoms with E-state index in [1.165, 1.54) is 11.3 Å². The maximum absolute atomic E-state index is 11.9. The van der Waals surface area contributed by atoms with Gasteiger partial charge in [-0.05, 0) is 34.5 Å². The Labute approximate surface area is 108 Å². The van der Waals surface area contributed by atoms with Gasteiger partial charge in [-0.1, -0.05) is 18.2 Å². The monoisotopic (exact) mass is 261 g/mol. The first-order chi connectivity index (χ1) is 8.68. The number of hydrogen-bond donors (Lipinski definition) is 1. The van der Waals surface area contributed by atoms with Gasteiger partial charge in [-0.2, -0.15) is 11.3 Å². The Kier molecular flexibility index (Phi) is 3.74. The van der Waals surface area contributed by atoms with Crippen molar-refractivity contribution in [1.29, 1.82) is 0 Å². The predicted octanol–water partition coefficient (Wildman–Crippen LogP) is 1.92.